The molecule has 0 aromatic heterocycles. The highest BCUT2D eigenvalue weighted by Gasteiger charge is 2.14. The smallest absolute Gasteiger partial charge is 0.145 e. The molecule has 1 nitrogen and oxygen atoms in total. The SMILES string of the molecule is Fc1ccc(Br)c(F)c1CNc1c(Cl)cc(Br)cc1Cl. The van der Waals surface area contributed by atoms with Gasteiger partial charge in [-0.25, -0.2) is 8.78 Å². The van der Waals surface area contributed by atoms with Gasteiger partial charge in [0, 0.05) is 16.6 Å². The Balaban J connectivity index is 2.28. The van der Waals surface area contributed by atoms with E-state index in [0.717, 1.165) is 4.47 Å². The summed E-state index contributed by atoms with van der Waals surface area (Å²) in [6.07, 6.45) is 0. The molecule has 1 N–H and O–H groups in total. The van der Waals surface area contributed by atoms with Crippen LogP contribution in [-0.4, -0.2) is 0 Å². The Labute approximate surface area is 141 Å². The van der Waals surface area contributed by atoms with Crippen LogP contribution >= 0.6 is 55.1 Å². The molecule has 0 fully saturated rings. The van der Waals surface area contributed by atoms with Crippen molar-refractivity contribution in [1.82, 2.24) is 0 Å². The summed E-state index contributed by atoms with van der Waals surface area (Å²) in [5, 5.41) is 3.57. The van der Waals surface area contributed by atoms with Crippen LogP contribution in [0.25, 0.3) is 0 Å². The van der Waals surface area contributed by atoms with E-state index in [2.05, 4.69) is 37.2 Å². The van der Waals surface area contributed by atoms with Crippen LogP contribution in [0.5, 0.6) is 0 Å². The highest BCUT2D eigenvalue weighted by Crippen LogP contribution is 2.34. The van der Waals surface area contributed by atoms with Gasteiger partial charge in [0.15, 0.2) is 0 Å². The minimum absolute atomic E-state index is 0.0713. The van der Waals surface area contributed by atoms with Crippen LogP contribution in [0.1, 0.15) is 5.56 Å². The van der Waals surface area contributed by atoms with Crippen LogP contribution in [0, 0.1) is 11.6 Å². The van der Waals surface area contributed by atoms with Gasteiger partial charge < -0.3 is 5.32 Å². The first-order valence-electron chi connectivity index (χ1n) is 5.41. The highest BCUT2D eigenvalue weighted by molar-refractivity contribution is 9.10. The van der Waals surface area contributed by atoms with Gasteiger partial charge in [0.25, 0.3) is 0 Å². The lowest BCUT2D eigenvalue weighted by Crippen LogP contribution is -2.06. The molecule has 0 saturated carbocycles. The molecule has 2 aromatic rings. The summed E-state index contributed by atoms with van der Waals surface area (Å²) in [6, 6.07) is 5.79. The second kappa shape index (κ2) is 6.60. The van der Waals surface area contributed by atoms with Crippen molar-refractivity contribution < 1.29 is 8.78 Å². The molecule has 20 heavy (non-hydrogen) atoms. The van der Waals surface area contributed by atoms with Crippen molar-refractivity contribution >= 4 is 60.7 Å². The number of rotatable bonds is 3. The Hall–Kier alpha value is -0.360. The van der Waals surface area contributed by atoms with E-state index < -0.39 is 11.6 Å². The molecule has 0 radical (unpaired) electrons. The van der Waals surface area contributed by atoms with E-state index in [0.29, 0.717) is 15.7 Å². The van der Waals surface area contributed by atoms with E-state index in [1.165, 1.54) is 12.1 Å². The first-order chi connectivity index (χ1) is 9.40. The second-order valence-electron chi connectivity index (χ2n) is 3.92. The van der Waals surface area contributed by atoms with E-state index in [9.17, 15) is 8.78 Å². The summed E-state index contributed by atoms with van der Waals surface area (Å²) in [6.45, 7) is -0.0713. The zero-order valence-electron chi connectivity index (χ0n) is 9.78. The molecular formula is C13H7Br2Cl2F2N. The zero-order valence-corrected chi connectivity index (χ0v) is 14.5. The summed E-state index contributed by atoms with van der Waals surface area (Å²) >= 11 is 18.3. The van der Waals surface area contributed by atoms with Gasteiger partial charge in [-0.05, 0) is 40.2 Å². The maximum atomic E-state index is 13.8. The van der Waals surface area contributed by atoms with E-state index >= 15 is 0 Å². The van der Waals surface area contributed by atoms with Gasteiger partial charge in [0.2, 0.25) is 0 Å². The van der Waals surface area contributed by atoms with Crippen LogP contribution in [0.2, 0.25) is 10.0 Å². The van der Waals surface area contributed by atoms with Crippen molar-refractivity contribution in [3.05, 3.63) is 60.5 Å². The summed E-state index contributed by atoms with van der Waals surface area (Å²) in [5.74, 6) is -1.29. The summed E-state index contributed by atoms with van der Waals surface area (Å²) in [4.78, 5) is 0. The van der Waals surface area contributed by atoms with Gasteiger partial charge in [-0.15, -0.1) is 0 Å². The van der Waals surface area contributed by atoms with E-state index in [1.807, 2.05) is 0 Å². The average Bonchev–Trinajstić information content (AvgIpc) is 2.36. The van der Waals surface area contributed by atoms with Gasteiger partial charge in [0.05, 0.1) is 20.2 Å². The molecule has 2 rings (SSSR count). The molecule has 0 spiro atoms. The molecule has 0 heterocycles. The molecule has 0 aliphatic carbocycles. The van der Waals surface area contributed by atoms with E-state index in [1.54, 1.807) is 12.1 Å². The predicted molar refractivity (Wildman–Crippen MR) is 85.5 cm³/mol. The van der Waals surface area contributed by atoms with Crippen LogP contribution in [0.4, 0.5) is 14.5 Å². The molecule has 0 aliphatic rings. The topological polar surface area (TPSA) is 12.0 Å². The van der Waals surface area contributed by atoms with E-state index in [-0.39, 0.29) is 16.6 Å². The fraction of sp³-hybridized carbons (Fsp3) is 0.0769. The van der Waals surface area contributed by atoms with Gasteiger partial charge in [-0.3, -0.25) is 0 Å². The van der Waals surface area contributed by atoms with Crippen molar-refractivity contribution in [3.8, 4) is 0 Å². The third kappa shape index (κ3) is 3.45. The Morgan fingerprint density at radius 1 is 1.05 bits per heavy atom. The first kappa shape index (κ1) is 16.0. The number of nitrogens with one attached hydrogen (secondary N) is 1. The Kier molecular flexibility index (Phi) is 5.29. The van der Waals surface area contributed by atoms with Crippen molar-refractivity contribution in [2.24, 2.45) is 0 Å². The average molecular weight is 446 g/mol. The minimum Gasteiger partial charge on any atom is -0.378 e. The van der Waals surface area contributed by atoms with Gasteiger partial charge in [-0.2, -0.15) is 0 Å². The molecule has 7 heteroatoms. The first-order valence-corrected chi connectivity index (χ1v) is 7.75. The number of benzene rings is 2. The maximum absolute atomic E-state index is 13.8. The molecule has 0 aliphatic heterocycles. The number of halogens is 6. The molecule has 0 saturated heterocycles. The van der Waals surface area contributed by atoms with Crippen molar-refractivity contribution in [1.29, 1.82) is 0 Å². The molecule has 0 bridgehead atoms. The molecule has 2 aromatic carbocycles. The third-order valence-corrected chi connectivity index (χ3v) is 4.25. The molecule has 106 valence electrons. The molecule has 0 atom stereocenters. The lowest BCUT2D eigenvalue weighted by Gasteiger charge is -2.12. The molecule has 0 amide bonds. The van der Waals surface area contributed by atoms with E-state index in [4.69, 9.17) is 23.2 Å². The van der Waals surface area contributed by atoms with Gasteiger partial charge >= 0.3 is 0 Å². The summed E-state index contributed by atoms with van der Waals surface area (Å²) in [5.41, 5.74) is 0.338. The predicted octanol–water partition coefficient (Wildman–Crippen LogP) is 6.41. The van der Waals surface area contributed by atoms with Gasteiger partial charge in [-0.1, -0.05) is 39.1 Å². The largest absolute Gasteiger partial charge is 0.378 e. The van der Waals surface area contributed by atoms with Crippen molar-refractivity contribution in [3.63, 3.8) is 0 Å². The summed E-state index contributed by atoms with van der Waals surface area (Å²) < 4.78 is 28.4. The molecule has 0 unspecified atom stereocenters. The monoisotopic (exact) mass is 443 g/mol. The Morgan fingerprint density at radius 2 is 1.65 bits per heavy atom. The zero-order chi connectivity index (χ0) is 14.9. The number of hydrogen-bond donors (Lipinski definition) is 1. The highest BCUT2D eigenvalue weighted by atomic mass is 79.9. The minimum atomic E-state index is -0.651. The quantitative estimate of drug-likeness (QED) is 0.538. The normalized spacial score (nSPS) is 10.7. The van der Waals surface area contributed by atoms with Crippen LogP contribution < -0.4 is 5.32 Å². The molecular weight excluding hydrogens is 439 g/mol. The van der Waals surface area contributed by atoms with Crippen LogP contribution in [0.3, 0.4) is 0 Å². The Morgan fingerprint density at radius 3 is 2.25 bits per heavy atom. The van der Waals surface area contributed by atoms with Gasteiger partial charge in [0.1, 0.15) is 11.6 Å². The van der Waals surface area contributed by atoms with Crippen LogP contribution in [-0.2, 0) is 6.54 Å². The number of hydrogen-bond acceptors (Lipinski definition) is 1. The van der Waals surface area contributed by atoms with Crippen molar-refractivity contribution in [2.75, 3.05) is 5.32 Å². The fourth-order valence-electron chi connectivity index (χ4n) is 1.62. The van der Waals surface area contributed by atoms with Crippen molar-refractivity contribution in [2.45, 2.75) is 6.54 Å². The summed E-state index contributed by atoms with van der Waals surface area (Å²) in [7, 11) is 0. The second-order valence-corrected chi connectivity index (χ2v) is 6.50. The standard InChI is InChI=1S/C13H7Br2Cl2F2N/c14-6-3-9(16)13(10(17)4-6)20-5-7-11(18)2-1-8(15)12(7)19/h1-4,20H,5H2. The fourth-order valence-corrected chi connectivity index (χ4v) is 3.33. The third-order valence-electron chi connectivity index (χ3n) is 2.59. The lowest BCUT2D eigenvalue weighted by molar-refractivity contribution is 0.555. The Bertz CT molecular complexity index is 642. The lowest BCUT2D eigenvalue weighted by atomic mass is 10.2. The number of anilines is 1. The maximum Gasteiger partial charge on any atom is 0.145 e. The van der Waals surface area contributed by atoms with Crippen LogP contribution in [0.15, 0.2) is 33.2 Å².